The average Bonchev–Trinajstić information content (AvgIpc) is 2.34. The maximum atomic E-state index is 11.1. The van der Waals surface area contributed by atoms with Crippen LogP contribution in [-0.4, -0.2) is 5.11 Å². The Balaban J connectivity index is 2.25. The molecule has 0 radical (unpaired) electrons. The summed E-state index contributed by atoms with van der Waals surface area (Å²) in [5.41, 5.74) is 2.17. The first-order valence-electron chi connectivity index (χ1n) is 7.57. The number of hydrogen-bond acceptors (Lipinski definition) is 1. The van der Waals surface area contributed by atoms with Gasteiger partial charge >= 0.3 is 0 Å². The lowest BCUT2D eigenvalue weighted by Crippen LogP contribution is -2.41. The van der Waals surface area contributed by atoms with Crippen LogP contribution >= 0.6 is 0 Å². The lowest BCUT2D eigenvalue weighted by molar-refractivity contribution is -0.0769. The van der Waals surface area contributed by atoms with Crippen LogP contribution in [0.25, 0.3) is 0 Å². The second-order valence-corrected chi connectivity index (χ2v) is 7.47. The molecule has 0 spiro atoms. The van der Waals surface area contributed by atoms with Gasteiger partial charge in [-0.15, -0.1) is 0 Å². The van der Waals surface area contributed by atoms with E-state index in [1.54, 1.807) is 0 Å². The van der Waals surface area contributed by atoms with E-state index < -0.39 is 5.60 Å². The molecule has 2 unspecified atom stereocenters. The lowest BCUT2D eigenvalue weighted by atomic mass is 9.63. The van der Waals surface area contributed by atoms with Gasteiger partial charge in [-0.3, -0.25) is 0 Å². The van der Waals surface area contributed by atoms with Crippen LogP contribution in [0.1, 0.15) is 70.9 Å². The highest BCUT2D eigenvalue weighted by Crippen LogP contribution is 2.48. The summed E-state index contributed by atoms with van der Waals surface area (Å²) >= 11 is 0. The Morgan fingerprint density at radius 1 is 1.11 bits per heavy atom. The van der Waals surface area contributed by atoms with Gasteiger partial charge in [-0.25, -0.2) is 0 Å². The van der Waals surface area contributed by atoms with E-state index in [4.69, 9.17) is 0 Å². The van der Waals surface area contributed by atoms with Crippen molar-refractivity contribution in [3.8, 4) is 0 Å². The molecule has 1 aromatic rings. The summed E-state index contributed by atoms with van der Waals surface area (Å²) in [6, 6.07) is 8.60. The molecular weight excluding hydrogens is 232 g/mol. The maximum Gasteiger partial charge on any atom is 0.0922 e. The largest absolute Gasteiger partial charge is 0.385 e. The molecule has 0 aliphatic heterocycles. The predicted molar refractivity (Wildman–Crippen MR) is 81.2 cm³/mol. The minimum absolute atomic E-state index is 0.321. The summed E-state index contributed by atoms with van der Waals surface area (Å²) in [5, 5.41) is 11.1. The molecule has 1 aliphatic rings. The van der Waals surface area contributed by atoms with Crippen LogP contribution in [0.4, 0.5) is 0 Å². The van der Waals surface area contributed by atoms with Gasteiger partial charge in [0.1, 0.15) is 0 Å². The van der Waals surface area contributed by atoms with E-state index >= 15 is 0 Å². The Kier molecular flexibility index (Phi) is 3.79. The van der Waals surface area contributed by atoms with E-state index in [9.17, 15) is 5.11 Å². The summed E-state index contributed by atoms with van der Waals surface area (Å²) in [5.74, 6) is 0.868. The smallest absolute Gasteiger partial charge is 0.0922 e. The van der Waals surface area contributed by atoms with Crippen LogP contribution in [0.5, 0.6) is 0 Å². The topological polar surface area (TPSA) is 20.2 Å². The summed E-state index contributed by atoms with van der Waals surface area (Å²) in [7, 11) is 0. The average molecular weight is 260 g/mol. The summed E-state index contributed by atoms with van der Waals surface area (Å²) < 4.78 is 0. The van der Waals surface area contributed by atoms with Crippen LogP contribution in [0.2, 0.25) is 0 Å². The molecule has 0 bridgehead atoms. The third-order valence-corrected chi connectivity index (χ3v) is 4.93. The summed E-state index contributed by atoms with van der Waals surface area (Å²) in [4.78, 5) is 0. The molecule has 19 heavy (non-hydrogen) atoms. The van der Waals surface area contributed by atoms with E-state index in [0.717, 1.165) is 24.8 Å². The first-order chi connectivity index (χ1) is 8.74. The van der Waals surface area contributed by atoms with Gasteiger partial charge in [0.2, 0.25) is 0 Å². The van der Waals surface area contributed by atoms with Crippen LogP contribution in [0.3, 0.4) is 0 Å². The third-order valence-electron chi connectivity index (χ3n) is 4.93. The fraction of sp³-hybridized carbons (Fsp3) is 0.667. The van der Waals surface area contributed by atoms with Crippen LogP contribution in [0.15, 0.2) is 24.3 Å². The number of hydrogen-bond donors (Lipinski definition) is 1. The van der Waals surface area contributed by atoms with Crippen molar-refractivity contribution in [2.75, 3.05) is 0 Å². The quantitative estimate of drug-likeness (QED) is 0.806. The molecule has 2 atom stereocenters. The monoisotopic (exact) mass is 260 g/mol. The highest BCUT2D eigenvalue weighted by molar-refractivity contribution is 5.30. The van der Waals surface area contributed by atoms with Crippen LogP contribution in [-0.2, 0) is 5.60 Å². The zero-order chi connectivity index (χ0) is 14.3. The van der Waals surface area contributed by atoms with E-state index in [2.05, 4.69) is 58.9 Å². The molecule has 1 saturated carbocycles. The molecule has 0 heterocycles. The zero-order valence-electron chi connectivity index (χ0n) is 13.0. The fourth-order valence-corrected chi connectivity index (χ4v) is 3.46. The van der Waals surface area contributed by atoms with E-state index in [1.165, 1.54) is 5.56 Å². The molecule has 106 valence electrons. The van der Waals surface area contributed by atoms with Crippen molar-refractivity contribution >= 4 is 0 Å². The van der Waals surface area contributed by atoms with Crippen molar-refractivity contribution in [2.45, 2.75) is 65.4 Å². The zero-order valence-corrected chi connectivity index (χ0v) is 13.0. The van der Waals surface area contributed by atoms with Crippen molar-refractivity contribution in [3.05, 3.63) is 35.4 Å². The molecule has 0 amide bonds. The van der Waals surface area contributed by atoms with Gasteiger partial charge in [0.25, 0.3) is 0 Å². The second kappa shape index (κ2) is 4.94. The number of aliphatic hydroxyl groups is 1. The van der Waals surface area contributed by atoms with Gasteiger partial charge in [-0.1, -0.05) is 58.9 Å². The molecule has 1 nitrogen and oxygen atoms in total. The SMILES string of the molecule is CC(C)c1ccc(C2(O)CCC(C)(C)CC2C)cc1. The molecule has 0 saturated heterocycles. The molecule has 1 aromatic carbocycles. The Hall–Kier alpha value is -0.820. The van der Waals surface area contributed by atoms with Gasteiger partial charge in [0.05, 0.1) is 5.60 Å². The second-order valence-electron chi connectivity index (χ2n) is 7.47. The standard InChI is InChI=1S/C18H28O/c1-13(2)15-6-8-16(9-7-15)18(19)11-10-17(4,5)12-14(18)3/h6-9,13-14,19H,10-12H2,1-5H3. The minimum atomic E-state index is -0.634. The van der Waals surface area contributed by atoms with Crippen molar-refractivity contribution in [1.82, 2.24) is 0 Å². The lowest BCUT2D eigenvalue weighted by Gasteiger charge is -2.45. The highest BCUT2D eigenvalue weighted by Gasteiger charge is 2.43. The molecule has 1 N–H and O–H groups in total. The number of benzene rings is 1. The van der Waals surface area contributed by atoms with Gasteiger partial charge in [0, 0.05) is 0 Å². The third kappa shape index (κ3) is 2.86. The maximum absolute atomic E-state index is 11.1. The Morgan fingerprint density at radius 2 is 1.68 bits per heavy atom. The molecule has 1 heteroatoms. The van der Waals surface area contributed by atoms with Crippen molar-refractivity contribution in [2.24, 2.45) is 11.3 Å². The molecular formula is C18H28O. The van der Waals surface area contributed by atoms with Gasteiger partial charge < -0.3 is 5.11 Å². The first-order valence-corrected chi connectivity index (χ1v) is 7.57. The first kappa shape index (κ1) is 14.6. The van der Waals surface area contributed by atoms with Crippen LogP contribution < -0.4 is 0 Å². The highest BCUT2D eigenvalue weighted by atomic mass is 16.3. The Morgan fingerprint density at radius 3 is 2.16 bits per heavy atom. The molecule has 2 rings (SSSR count). The van der Waals surface area contributed by atoms with E-state index in [0.29, 0.717) is 17.3 Å². The Bertz CT molecular complexity index is 430. The van der Waals surface area contributed by atoms with Gasteiger partial charge in [-0.05, 0) is 47.6 Å². The minimum Gasteiger partial charge on any atom is -0.385 e. The van der Waals surface area contributed by atoms with Crippen molar-refractivity contribution < 1.29 is 5.11 Å². The fourth-order valence-electron chi connectivity index (χ4n) is 3.46. The summed E-state index contributed by atoms with van der Waals surface area (Å²) in [6.07, 6.45) is 3.07. The van der Waals surface area contributed by atoms with E-state index in [-0.39, 0.29) is 0 Å². The van der Waals surface area contributed by atoms with Gasteiger partial charge in [-0.2, -0.15) is 0 Å². The molecule has 1 aliphatic carbocycles. The van der Waals surface area contributed by atoms with Crippen molar-refractivity contribution in [1.29, 1.82) is 0 Å². The molecule has 1 fully saturated rings. The van der Waals surface area contributed by atoms with Gasteiger partial charge in [0.15, 0.2) is 0 Å². The van der Waals surface area contributed by atoms with Crippen LogP contribution in [0, 0.1) is 11.3 Å². The number of rotatable bonds is 2. The predicted octanol–water partition coefficient (Wildman–Crippen LogP) is 4.84. The van der Waals surface area contributed by atoms with Crippen molar-refractivity contribution in [3.63, 3.8) is 0 Å². The Labute approximate surface area is 118 Å². The van der Waals surface area contributed by atoms with E-state index in [1.807, 2.05) is 0 Å². The molecule has 0 aromatic heterocycles. The normalized spacial score (nSPS) is 30.6. The summed E-state index contributed by atoms with van der Waals surface area (Å²) in [6.45, 7) is 11.2.